The Morgan fingerprint density at radius 2 is 2.07 bits per heavy atom. The summed E-state index contributed by atoms with van der Waals surface area (Å²) >= 11 is 0. The molecule has 2 fully saturated rings. The highest BCUT2D eigenvalue weighted by atomic mass is 16.6. The summed E-state index contributed by atoms with van der Waals surface area (Å²) in [6.07, 6.45) is 6.09. The number of aliphatic hydroxyl groups excluding tert-OH is 1. The fraction of sp³-hybridized carbons (Fsp3) is 0.682. The molecule has 1 aromatic heterocycles. The lowest BCUT2D eigenvalue weighted by molar-refractivity contribution is -0.161. The third-order valence-electron chi connectivity index (χ3n) is 7.32. The Labute approximate surface area is 160 Å². The standard InChI is InChI=1S/C22H30O5/c1-12-8-17-15(13(2)11-25-17)9-18-21(4,7-6-16(12)24)19(26-14(3)23)10-20-22(18,5)27-20/h8,11,16,18-20,24H,6-7,9-10H2,1-5H3/t16-,18-,19+,20+,21-,22-/m0/s1. The summed E-state index contributed by atoms with van der Waals surface area (Å²) in [7, 11) is 0. The second-order valence-corrected chi connectivity index (χ2v) is 9.09. The van der Waals surface area contributed by atoms with Crippen molar-refractivity contribution in [1.29, 1.82) is 0 Å². The quantitative estimate of drug-likeness (QED) is 0.598. The van der Waals surface area contributed by atoms with Gasteiger partial charge in [-0.05, 0) is 57.2 Å². The van der Waals surface area contributed by atoms with E-state index in [4.69, 9.17) is 13.9 Å². The number of hydrogen-bond donors (Lipinski definition) is 1. The van der Waals surface area contributed by atoms with Gasteiger partial charge in [0.15, 0.2) is 0 Å². The van der Waals surface area contributed by atoms with Crippen LogP contribution in [0.1, 0.15) is 63.8 Å². The summed E-state index contributed by atoms with van der Waals surface area (Å²) in [5.41, 5.74) is 2.70. The van der Waals surface area contributed by atoms with Gasteiger partial charge in [0.25, 0.3) is 0 Å². The minimum Gasteiger partial charge on any atom is -0.464 e. The van der Waals surface area contributed by atoms with Crippen LogP contribution in [0.4, 0.5) is 0 Å². The molecule has 5 heteroatoms. The second kappa shape index (κ2) is 6.21. The summed E-state index contributed by atoms with van der Waals surface area (Å²) in [5.74, 6) is 0.754. The van der Waals surface area contributed by atoms with E-state index in [0.29, 0.717) is 6.42 Å². The summed E-state index contributed by atoms with van der Waals surface area (Å²) in [6, 6.07) is 0. The first-order chi connectivity index (χ1) is 12.6. The Morgan fingerprint density at radius 3 is 2.78 bits per heavy atom. The van der Waals surface area contributed by atoms with E-state index in [-0.39, 0.29) is 35.1 Å². The number of epoxide rings is 1. The van der Waals surface area contributed by atoms with Crippen LogP contribution < -0.4 is 0 Å². The molecule has 1 saturated heterocycles. The molecule has 4 rings (SSSR count). The van der Waals surface area contributed by atoms with Gasteiger partial charge in [-0.1, -0.05) is 6.92 Å². The molecule has 5 nitrogen and oxygen atoms in total. The van der Waals surface area contributed by atoms with E-state index < -0.39 is 6.10 Å². The smallest absolute Gasteiger partial charge is 0.302 e. The molecule has 1 aromatic rings. The number of ether oxygens (including phenoxy) is 2. The fourth-order valence-corrected chi connectivity index (χ4v) is 5.41. The maximum atomic E-state index is 11.8. The molecule has 1 saturated carbocycles. The number of hydrogen-bond acceptors (Lipinski definition) is 5. The third-order valence-corrected chi connectivity index (χ3v) is 7.32. The van der Waals surface area contributed by atoms with Crippen molar-refractivity contribution in [1.82, 2.24) is 0 Å². The van der Waals surface area contributed by atoms with Gasteiger partial charge in [0.2, 0.25) is 0 Å². The van der Waals surface area contributed by atoms with Gasteiger partial charge in [-0.3, -0.25) is 4.79 Å². The number of fused-ring (bicyclic) bond motifs is 4. The number of aliphatic hydroxyl groups is 1. The van der Waals surface area contributed by atoms with E-state index in [1.165, 1.54) is 12.5 Å². The molecule has 27 heavy (non-hydrogen) atoms. The van der Waals surface area contributed by atoms with Crippen molar-refractivity contribution in [2.75, 3.05) is 0 Å². The van der Waals surface area contributed by atoms with Gasteiger partial charge in [0.1, 0.15) is 11.9 Å². The first-order valence-corrected chi connectivity index (χ1v) is 9.93. The van der Waals surface area contributed by atoms with E-state index in [1.54, 1.807) is 6.26 Å². The lowest BCUT2D eigenvalue weighted by Gasteiger charge is -2.48. The number of carbonyl (C=O) groups is 1. The van der Waals surface area contributed by atoms with Gasteiger partial charge in [0.05, 0.1) is 24.1 Å². The van der Waals surface area contributed by atoms with Crippen LogP contribution in [0.2, 0.25) is 0 Å². The van der Waals surface area contributed by atoms with Crippen molar-refractivity contribution in [3.8, 4) is 0 Å². The highest BCUT2D eigenvalue weighted by molar-refractivity contribution is 5.66. The van der Waals surface area contributed by atoms with E-state index in [2.05, 4.69) is 20.8 Å². The van der Waals surface area contributed by atoms with Crippen molar-refractivity contribution >= 4 is 12.0 Å². The van der Waals surface area contributed by atoms with Crippen LogP contribution in [0.3, 0.4) is 0 Å². The van der Waals surface area contributed by atoms with Gasteiger partial charge in [0, 0.05) is 30.2 Å². The lowest BCUT2D eigenvalue weighted by Crippen LogP contribution is -2.53. The molecule has 0 bridgehead atoms. The average Bonchev–Trinajstić information content (AvgIpc) is 3.13. The Kier molecular flexibility index (Phi) is 4.32. The molecule has 148 valence electrons. The Hall–Kier alpha value is -1.59. The molecule has 3 aliphatic rings. The van der Waals surface area contributed by atoms with E-state index in [1.807, 2.05) is 13.0 Å². The molecular weight excluding hydrogens is 344 g/mol. The maximum Gasteiger partial charge on any atom is 0.302 e. The Morgan fingerprint density at radius 1 is 1.33 bits per heavy atom. The predicted molar refractivity (Wildman–Crippen MR) is 101 cm³/mol. The summed E-state index contributed by atoms with van der Waals surface area (Å²) in [4.78, 5) is 11.8. The van der Waals surface area contributed by atoms with Gasteiger partial charge >= 0.3 is 5.97 Å². The summed E-state index contributed by atoms with van der Waals surface area (Å²) in [5, 5.41) is 10.7. The number of aryl methyl sites for hydroxylation is 1. The molecule has 0 radical (unpaired) electrons. The number of esters is 1. The number of furan rings is 1. The zero-order valence-corrected chi connectivity index (χ0v) is 16.9. The van der Waals surface area contributed by atoms with Crippen LogP contribution >= 0.6 is 0 Å². The number of carbonyl (C=O) groups excluding carboxylic acids is 1. The molecule has 0 amide bonds. The summed E-state index contributed by atoms with van der Waals surface area (Å²) < 4.78 is 17.8. The average molecular weight is 374 g/mol. The monoisotopic (exact) mass is 374 g/mol. The van der Waals surface area contributed by atoms with E-state index >= 15 is 0 Å². The van der Waals surface area contributed by atoms with Crippen molar-refractivity contribution in [2.24, 2.45) is 11.3 Å². The molecule has 0 spiro atoms. The van der Waals surface area contributed by atoms with Crippen LogP contribution in [0, 0.1) is 18.3 Å². The Bertz CT molecular complexity index is 793. The largest absolute Gasteiger partial charge is 0.464 e. The molecule has 0 aromatic carbocycles. The first kappa shape index (κ1) is 18.8. The van der Waals surface area contributed by atoms with Crippen molar-refractivity contribution in [3.63, 3.8) is 0 Å². The van der Waals surface area contributed by atoms with Gasteiger partial charge in [-0.15, -0.1) is 0 Å². The minimum atomic E-state index is -0.539. The Balaban J connectivity index is 1.81. The topological polar surface area (TPSA) is 72.2 Å². The fourth-order valence-electron chi connectivity index (χ4n) is 5.41. The lowest BCUT2D eigenvalue weighted by atomic mass is 9.57. The van der Waals surface area contributed by atoms with Gasteiger partial charge in [-0.25, -0.2) is 0 Å². The van der Waals surface area contributed by atoms with Crippen LogP contribution in [0.5, 0.6) is 0 Å². The predicted octanol–water partition coefficient (Wildman–Crippen LogP) is 3.80. The van der Waals surface area contributed by atoms with Crippen LogP contribution in [0.25, 0.3) is 6.08 Å². The minimum absolute atomic E-state index is 0.126. The van der Waals surface area contributed by atoms with Crippen LogP contribution in [0.15, 0.2) is 16.3 Å². The van der Waals surface area contributed by atoms with Crippen molar-refractivity contribution in [3.05, 3.63) is 28.7 Å². The zero-order valence-electron chi connectivity index (χ0n) is 16.9. The number of rotatable bonds is 1. The van der Waals surface area contributed by atoms with Crippen LogP contribution in [-0.4, -0.2) is 35.0 Å². The third kappa shape index (κ3) is 2.95. The second-order valence-electron chi connectivity index (χ2n) is 9.09. The molecule has 2 heterocycles. The van der Waals surface area contributed by atoms with Crippen LogP contribution in [-0.2, 0) is 20.7 Å². The summed E-state index contributed by atoms with van der Waals surface area (Å²) in [6.45, 7) is 9.87. The maximum absolute atomic E-state index is 11.8. The first-order valence-electron chi connectivity index (χ1n) is 9.93. The van der Waals surface area contributed by atoms with Crippen molar-refractivity contribution < 1.29 is 23.8 Å². The SMILES string of the molecule is CC(=O)O[C@@H]1C[C@H]2O[C@@]2(C)[C@H]2Cc3c(C)coc3C=C(C)[C@@H](O)CC[C@]12C. The molecular formula is C22H30O5. The molecule has 2 aliphatic carbocycles. The molecule has 0 unspecified atom stereocenters. The highest BCUT2D eigenvalue weighted by Gasteiger charge is 2.68. The van der Waals surface area contributed by atoms with E-state index in [0.717, 1.165) is 36.2 Å². The van der Waals surface area contributed by atoms with Gasteiger partial charge in [-0.2, -0.15) is 0 Å². The molecule has 1 aliphatic heterocycles. The van der Waals surface area contributed by atoms with Gasteiger partial charge < -0.3 is 19.0 Å². The molecule has 6 atom stereocenters. The van der Waals surface area contributed by atoms with E-state index in [9.17, 15) is 9.90 Å². The van der Waals surface area contributed by atoms with Crippen molar-refractivity contribution in [2.45, 2.75) is 84.2 Å². The zero-order chi connectivity index (χ0) is 19.6. The highest BCUT2D eigenvalue weighted by Crippen LogP contribution is 2.61. The molecule has 1 N–H and O–H groups in total. The normalized spacial score (nSPS) is 40.9.